The number of rotatable bonds is 8. The molecule has 2 aromatic rings. The maximum absolute atomic E-state index is 13.2. The number of anilines is 1. The van der Waals surface area contributed by atoms with Gasteiger partial charge in [0.2, 0.25) is 15.9 Å². The fourth-order valence-electron chi connectivity index (χ4n) is 3.09. The third kappa shape index (κ3) is 6.27. The van der Waals surface area contributed by atoms with Crippen molar-refractivity contribution in [2.45, 2.75) is 37.6 Å². The Hall–Kier alpha value is -1.95. The molecule has 0 atom stereocenters. The smallest absolute Gasteiger partial charge is 0.240 e. The second-order valence-electron chi connectivity index (χ2n) is 7.37. The van der Waals surface area contributed by atoms with Gasteiger partial charge in [-0.3, -0.25) is 9.69 Å². The summed E-state index contributed by atoms with van der Waals surface area (Å²) in [5, 5.41) is 5.02. The van der Waals surface area contributed by atoms with Gasteiger partial charge in [0, 0.05) is 24.9 Å². The highest BCUT2D eigenvalue weighted by Crippen LogP contribution is 2.21. The van der Waals surface area contributed by atoms with Crippen LogP contribution in [0.25, 0.3) is 0 Å². The molecular weight excluding hydrogens is 434 g/mol. The molecule has 1 aliphatic heterocycles. The van der Waals surface area contributed by atoms with E-state index in [1.807, 2.05) is 5.38 Å². The zero-order valence-electron chi connectivity index (χ0n) is 16.5. The van der Waals surface area contributed by atoms with Gasteiger partial charge in [-0.1, -0.05) is 6.92 Å². The van der Waals surface area contributed by atoms with E-state index in [4.69, 9.17) is 0 Å². The number of piperidine rings is 1. The van der Waals surface area contributed by atoms with E-state index < -0.39 is 32.5 Å². The highest BCUT2D eigenvalue weighted by Gasteiger charge is 2.18. The largest absolute Gasteiger partial charge is 0.302 e. The Kier molecular flexibility index (Phi) is 7.50. The van der Waals surface area contributed by atoms with Gasteiger partial charge >= 0.3 is 0 Å². The minimum Gasteiger partial charge on any atom is -0.302 e. The fraction of sp³-hybridized carbons (Fsp3) is 0.474. The normalized spacial score (nSPS) is 16.0. The molecular formula is C19H24F2N4O3S2. The summed E-state index contributed by atoms with van der Waals surface area (Å²) in [6.07, 6.45) is 2.23. The number of halogens is 2. The molecule has 1 saturated heterocycles. The molecule has 2 N–H and O–H groups in total. The Morgan fingerprint density at radius 3 is 2.70 bits per heavy atom. The van der Waals surface area contributed by atoms with Gasteiger partial charge in [-0.05, 0) is 50.0 Å². The first-order valence-corrected chi connectivity index (χ1v) is 12.0. The zero-order chi connectivity index (χ0) is 21.7. The Labute approximate surface area is 178 Å². The van der Waals surface area contributed by atoms with E-state index >= 15 is 0 Å². The zero-order valence-corrected chi connectivity index (χ0v) is 18.2. The molecule has 0 spiro atoms. The lowest BCUT2D eigenvalue weighted by Gasteiger charge is -2.29. The predicted octanol–water partition coefficient (Wildman–Crippen LogP) is 2.96. The third-order valence-electron chi connectivity index (χ3n) is 4.91. The van der Waals surface area contributed by atoms with E-state index in [1.54, 1.807) is 0 Å². The van der Waals surface area contributed by atoms with Gasteiger partial charge in [0.25, 0.3) is 0 Å². The lowest BCUT2D eigenvalue weighted by Crippen LogP contribution is -2.32. The molecule has 0 saturated carbocycles. The fourth-order valence-corrected chi connectivity index (χ4v) is 4.86. The summed E-state index contributed by atoms with van der Waals surface area (Å²) in [5.74, 6) is -2.03. The first kappa shape index (κ1) is 22.7. The topological polar surface area (TPSA) is 91.4 Å². The lowest BCUT2D eigenvalue weighted by atomic mass is 9.99. The van der Waals surface area contributed by atoms with Crippen molar-refractivity contribution in [1.82, 2.24) is 14.6 Å². The molecule has 0 radical (unpaired) electrons. The number of nitrogens with one attached hydrogen (secondary N) is 2. The number of likely N-dealkylation sites (tertiary alicyclic amines) is 1. The SMILES string of the molecule is CC1CCN(Cc2csc(NC(=O)CCNS(=O)(=O)c3ccc(F)c(F)c3)n2)CC1. The van der Waals surface area contributed by atoms with Crippen LogP contribution in [0.15, 0.2) is 28.5 Å². The maximum atomic E-state index is 13.2. The molecule has 1 aliphatic rings. The molecule has 0 aliphatic carbocycles. The van der Waals surface area contributed by atoms with Crippen molar-refractivity contribution in [2.75, 3.05) is 25.0 Å². The lowest BCUT2D eigenvalue weighted by molar-refractivity contribution is -0.116. The summed E-state index contributed by atoms with van der Waals surface area (Å²) in [7, 11) is -4.04. The van der Waals surface area contributed by atoms with Crippen molar-refractivity contribution < 1.29 is 22.0 Å². The highest BCUT2D eigenvalue weighted by atomic mass is 32.2. The highest BCUT2D eigenvalue weighted by molar-refractivity contribution is 7.89. The summed E-state index contributed by atoms with van der Waals surface area (Å²) in [6, 6.07) is 2.29. The first-order valence-electron chi connectivity index (χ1n) is 9.64. The molecule has 164 valence electrons. The molecule has 1 amide bonds. The van der Waals surface area contributed by atoms with Crippen LogP contribution in [0, 0.1) is 17.6 Å². The van der Waals surface area contributed by atoms with Crippen molar-refractivity contribution >= 4 is 32.4 Å². The maximum Gasteiger partial charge on any atom is 0.240 e. The van der Waals surface area contributed by atoms with Gasteiger partial charge < -0.3 is 5.32 Å². The first-order chi connectivity index (χ1) is 14.2. The van der Waals surface area contributed by atoms with Crippen LogP contribution in [0.5, 0.6) is 0 Å². The van der Waals surface area contributed by atoms with Gasteiger partial charge in [0.1, 0.15) is 0 Å². The number of carbonyl (C=O) groups excluding carboxylic acids is 1. The number of aromatic nitrogens is 1. The number of thiazole rings is 1. The van der Waals surface area contributed by atoms with E-state index in [-0.39, 0.29) is 13.0 Å². The van der Waals surface area contributed by atoms with Crippen molar-refractivity contribution in [3.63, 3.8) is 0 Å². The van der Waals surface area contributed by atoms with E-state index in [2.05, 4.69) is 26.8 Å². The van der Waals surface area contributed by atoms with Crippen molar-refractivity contribution in [1.29, 1.82) is 0 Å². The summed E-state index contributed by atoms with van der Waals surface area (Å²) in [5.41, 5.74) is 0.892. The number of amides is 1. The van der Waals surface area contributed by atoms with Crippen LogP contribution < -0.4 is 10.0 Å². The summed E-state index contributed by atoms with van der Waals surface area (Å²) in [4.78, 5) is 18.4. The number of carbonyl (C=O) groups is 1. The molecule has 0 bridgehead atoms. The van der Waals surface area contributed by atoms with Gasteiger partial charge in [-0.25, -0.2) is 26.9 Å². The summed E-state index contributed by atoms with van der Waals surface area (Å²) in [6.45, 7) is 4.90. The van der Waals surface area contributed by atoms with Gasteiger partial charge in [0.15, 0.2) is 16.8 Å². The van der Waals surface area contributed by atoms with Crippen molar-refractivity contribution in [3.05, 3.63) is 40.9 Å². The number of sulfonamides is 1. The Balaban J connectivity index is 1.44. The minimum absolute atomic E-state index is 0.123. The molecule has 2 heterocycles. The van der Waals surface area contributed by atoms with Crippen LogP contribution in [-0.2, 0) is 21.4 Å². The average Bonchev–Trinajstić information content (AvgIpc) is 3.12. The van der Waals surface area contributed by atoms with Gasteiger partial charge in [0.05, 0.1) is 10.6 Å². The quantitative estimate of drug-likeness (QED) is 0.635. The average molecular weight is 459 g/mol. The monoisotopic (exact) mass is 458 g/mol. The third-order valence-corrected chi connectivity index (χ3v) is 7.17. The minimum atomic E-state index is -4.04. The molecule has 0 unspecified atom stereocenters. The number of hydrogen-bond acceptors (Lipinski definition) is 6. The number of hydrogen-bond donors (Lipinski definition) is 2. The van der Waals surface area contributed by atoms with Crippen LogP contribution in [0.1, 0.15) is 31.9 Å². The predicted molar refractivity (Wildman–Crippen MR) is 111 cm³/mol. The van der Waals surface area contributed by atoms with Gasteiger partial charge in [-0.15, -0.1) is 11.3 Å². The van der Waals surface area contributed by atoms with E-state index in [1.165, 1.54) is 24.2 Å². The van der Waals surface area contributed by atoms with E-state index in [0.717, 1.165) is 43.4 Å². The molecule has 3 rings (SSSR count). The van der Waals surface area contributed by atoms with Crippen LogP contribution in [-0.4, -0.2) is 43.8 Å². The molecule has 1 fully saturated rings. The molecule has 1 aromatic heterocycles. The summed E-state index contributed by atoms with van der Waals surface area (Å²) < 4.78 is 52.6. The molecule has 1 aromatic carbocycles. The number of nitrogens with zero attached hydrogens (tertiary/aromatic N) is 2. The van der Waals surface area contributed by atoms with Crippen molar-refractivity contribution in [3.8, 4) is 0 Å². The second-order valence-corrected chi connectivity index (χ2v) is 10.00. The van der Waals surface area contributed by atoms with E-state index in [0.29, 0.717) is 11.2 Å². The second kappa shape index (κ2) is 9.90. The Morgan fingerprint density at radius 2 is 2.00 bits per heavy atom. The van der Waals surface area contributed by atoms with Crippen LogP contribution in [0.3, 0.4) is 0 Å². The molecule has 11 heteroatoms. The van der Waals surface area contributed by atoms with Crippen molar-refractivity contribution in [2.24, 2.45) is 5.92 Å². The number of benzene rings is 1. The Bertz CT molecular complexity index is 989. The van der Waals surface area contributed by atoms with Gasteiger partial charge in [-0.2, -0.15) is 0 Å². The Morgan fingerprint density at radius 1 is 1.27 bits per heavy atom. The van der Waals surface area contributed by atoms with Crippen LogP contribution in [0.2, 0.25) is 0 Å². The molecule has 7 nitrogen and oxygen atoms in total. The standard InChI is InChI=1S/C19H24F2N4O3S2/c1-13-5-8-25(9-6-13)11-14-12-29-19(23-14)24-18(26)4-7-22-30(27,28)15-2-3-16(20)17(21)10-15/h2-3,10,12-13,22H,4-9,11H2,1H3,(H,23,24,26). The van der Waals surface area contributed by atoms with Crippen LogP contribution in [0.4, 0.5) is 13.9 Å². The molecule has 30 heavy (non-hydrogen) atoms. The van der Waals surface area contributed by atoms with Crippen LogP contribution >= 0.6 is 11.3 Å². The summed E-state index contributed by atoms with van der Waals surface area (Å²) >= 11 is 1.32. The van der Waals surface area contributed by atoms with E-state index in [9.17, 15) is 22.0 Å².